The van der Waals surface area contributed by atoms with E-state index >= 15 is 0 Å². The van der Waals surface area contributed by atoms with Gasteiger partial charge < -0.3 is 9.47 Å². The Morgan fingerprint density at radius 3 is 1.43 bits per heavy atom. The van der Waals surface area contributed by atoms with Crippen LogP contribution in [0.5, 0.6) is 0 Å². The second kappa shape index (κ2) is 3.58. The van der Waals surface area contributed by atoms with Crippen molar-refractivity contribution in [3.8, 4) is 0 Å². The maximum atomic E-state index is 5.12. The van der Waals surface area contributed by atoms with E-state index in [9.17, 15) is 0 Å². The molecule has 0 aromatic heterocycles. The average molecular weight is 188 g/mol. The SMILES string of the molecule is COC1=C/C(=C2\C=CC(OC)=C2)C=C1. The summed E-state index contributed by atoms with van der Waals surface area (Å²) in [7, 11) is 3.34. The Bertz CT molecular complexity index is 355. The van der Waals surface area contributed by atoms with E-state index in [0.29, 0.717) is 0 Å². The fourth-order valence-electron chi connectivity index (χ4n) is 1.46. The van der Waals surface area contributed by atoms with E-state index in [0.717, 1.165) is 22.7 Å². The number of hydrogen-bond donors (Lipinski definition) is 0. The lowest BCUT2D eigenvalue weighted by atomic mass is 10.1. The van der Waals surface area contributed by atoms with Crippen molar-refractivity contribution in [1.29, 1.82) is 0 Å². The van der Waals surface area contributed by atoms with E-state index in [1.807, 2.05) is 36.5 Å². The summed E-state index contributed by atoms with van der Waals surface area (Å²) in [5.74, 6) is 1.78. The first kappa shape index (κ1) is 8.88. The molecular weight excluding hydrogens is 176 g/mol. The molecule has 0 aromatic carbocycles. The first-order chi connectivity index (χ1) is 6.83. The summed E-state index contributed by atoms with van der Waals surface area (Å²) >= 11 is 0. The van der Waals surface area contributed by atoms with Crippen molar-refractivity contribution in [2.75, 3.05) is 14.2 Å². The molecule has 0 aliphatic heterocycles. The number of ether oxygens (including phenoxy) is 2. The minimum atomic E-state index is 0.889. The lowest BCUT2D eigenvalue weighted by Crippen LogP contribution is -1.79. The van der Waals surface area contributed by atoms with Crippen LogP contribution in [0.1, 0.15) is 0 Å². The van der Waals surface area contributed by atoms with Crippen LogP contribution < -0.4 is 0 Å². The molecule has 0 bridgehead atoms. The van der Waals surface area contributed by atoms with Crippen LogP contribution in [0.15, 0.2) is 59.1 Å². The minimum absolute atomic E-state index is 0.889. The maximum Gasteiger partial charge on any atom is 0.119 e. The fraction of sp³-hybridized carbons (Fsp3) is 0.167. The van der Waals surface area contributed by atoms with Crippen molar-refractivity contribution in [3.63, 3.8) is 0 Å². The third-order valence-corrected chi connectivity index (χ3v) is 2.25. The molecule has 0 unspecified atom stereocenters. The van der Waals surface area contributed by atoms with Crippen molar-refractivity contribution in [3.05, 3.63) is 59.1 Å². The van der Waals surface area contributed by atoms with Crippen molar-refractivity contribution < 1.29 is 9.47 Å². The van der Waals surface area contributed by atoms with E-state index in [4.69, 9.17) is 9.47 Å². The molecule has 0 spiro atoms. The van der Waals surface area contributed by atoms with Crippen molar-refractivity contribution in [2.24, 2.45) is 0 Å². The summed E-state index contributed by atoms with van der Waals surface area (Å²) in [5.41, 5.74) is 2.32. The van der Waals surface area contributed by atoms with E-state index in [1.54, 1.807) is 14.2 Å². The van der Waals surface area contributed by atoms with Gasteiger partial charge in [0.2, 0.25) is 0 Å². The molecule has 2 aliphatic rings. The van der Waals surface area contributed by atoms with Gasteiger partial charge in [-0.2, -0.15) is 0 Å². The molecule has 0 saturated heterocycles. The first-order valence-electron chi connectivity index (χ1n) is 4.45. The van der Waals surface area contributed by atoms with Gasteiger partial charge in [0, 0.05) is 0 Å². The number of hydrogen-bond acceptors (Lipinski definition) is 2. The Labute approximate surface area is 83.5 Å². The molecule has 14 heavy (non-hydrogen) atoms. The summed E-state index contributed by atoms with van der Waals surface area (Å²) in [6, 6.07) is 0. The molecule has 0 heterocycles. The van der Waals surface area contributed by atoms with Crippen LogP contribution >= 0.6 is 0 Å². The van der Waals surface area contributed by atoms with Crippen LogP contribution in [0.25, 0.3) is 0 Å². The molecule has 0 saturated carbocycles. The van der Waals surface area contributed by atoms with E-state index in [-0.39, 0.29) is 0 Å². The van der Waals surface area contributed by atoms with E-state index in [1.165, 1.54) is 0 Å². The standard InChI is InChI=1S/C12H12O2/c1-13-11-5-3-9(7-11)10-4-6-12(8-10)14-2/h3-8H,1-2H3/b10-9+. The van der Waals surface area contributed by atoms with Crippen LogP contribution in [0.3, 0.4) is 0 Å². The lowest BCUT2D eigenvalue weighted by Gasteiger charge is -1.95. The Hall–Kier alpha value is -1.70. The van der Waals surface area contributed by atoms with E-state index < -0.39 is 0 Å². The first-order valence-corrected chi connectivity index (χ1v) is 4.45. The zero-order chi connectivity index (χ0) is 9.97. The number of rotatable bonds is 2. The monoisotopic (exact) mass is 188 g/mol. The van der Waals surface area contributed by atoms with Crippen molar-refractivity contribution >= 4 is 0 Å². The molecule has 0 radical (unpaired) electrons. The number of allylic oxidation sites excluding steroid dienone is 8. The van der Waals surface area contributed by atoms with Gasteiger partial charge in [-0.1, -0.05) is 12.2 Å². The summed E-state index contributed by atoms with van der Waals surface area (Å²) in [6.07, 6.45) is 12.0. The van der Waals surface area contributed by atoms with Crippen LogP contribution in [-0.2, 0) is 9.47 Å². The molecule has 0 fully saturated rings. The fourth-order valence-corrected chi connectivity index (χ4v) is 1.46. The normalized spacial score (nSPS) is 23.9. The summed E-state index contributed by atoms with van der Waals surface area (Å²) < 4.78 is 10.2. The summed E-state index contributed by atoms with van der Waals surface area (Å²) in [6.45, 7) is 0. The highest BCUT2D eigenvalue weighted by Crippen LogP contribution is 2.25. The molecule has 2 rings (SSSR count). The Morgan fingerprint density at radius 2 is 1.14 bits per heavy atom. The van der Waals surface area contributed by atoms with Gasteiger partial charge in [-0.05, 0) is 35.5 Å². The van der Waals surface area contributed by atoms with Crippen molar-refractivity contribution in [1.82, 2.24) is 0 Å². The van der Waals surface area contributed by atoms with E-state index in [2.05, 4.69) is 0 Å². The van der Waals surface area contributed by atoms with Gasteiger partial charge in [0.05, 0.1) is 14.2 Å². The lowest BCUT2D eigenvalue weighted by molar-refractivity contribution is 0.307. The number of methoxy groups -OCH3 is 2. The summed E-state index contributed by atoms with van der Waals surface area (Å²) in [4.78, 5) is 0. The highest BCUT2D eigenvalue weighted by molar-refractivity contribution is 5.56. The predicted molar refractivity (Wildman–Crippen MR) is 55.5 cm³/mol. The second-order valence-corrected chi connectivity index (χ2v) is 3.08. The molecule has 0 atom stereocenters. The van der Waals surface area contributed by atoms with Gasteiger partial charge in [-0.3, -0.25) is 0 Å². The Kier molecular flexibility index (Phi) is 2.27. The Balaban J connectivity index is 2.29. The van der Waals surface area contributed by atoms with Crippen LogP contribution in [-0.4, -0.2) is 14.2 Å². The molecule has 0 amide bonds. The molecule has 2 aliphatic carbocycles. The predicted octanol–water partition coefficient (Wildman–Crippen LogP) is 2.48. The van der Waals surface area contributed by atoms with Crippen molar-refractivity contribution in [2.45, 2.75) is 0 Å². The van der Waals surface area contributed by atoms with Crippen LogP contribution in [0.2, 0.25) is 0 Å². The second-order valence-electron chi connectivity index (χ2n) is 3.08. The van der Waals surface area contributed by atoms with Gasteiger partial charge in [-0.15, -0.1) is 0 Å². The minimum Gasteiger partial charge on any atom is -0.497 e. The van der Waals surface area contributed by atoms with Gasteiger partial charge in [0.1, 0.15) is 11.5 Å². The zero-order valence-electron chi connectivity index (χ0n) is 8.28. The smallest absolute Gasteiger partial charge is 0.119 e. The van der Waals surface area contributed by atoms with Crippen LogP contribution in [0, 0.1) is 0 Å². The van der Waals surface area contributed by atoms with Gasteiger partial charge in [-0.25, -0.2) is 0 Å². The zero-order valence-corrected chi connectivity index (χ0v) is 8.28. The quantitative estimate of drug-likeness (QED) is 0.662. The van der Waals surface area contributed by atoms with Crippen LogP contribution in [0.4, 0.5) is 0 Å². The largest absolute Gasteiger partial charge is 0.497 e. The highest BCUT2D eigenvalue weighted by Gasteiger charge is 2.09. The van der Waals surface area contributed by atoms with Gasteiger partial charge in [0.15, 0.2) is 0 Å². The molecule has 2 heteroatoms. The maximum absolute atomic E-state index is 5.12. The molecule has 0 N–H and O–H groups in total. The van der Waals surface area contributed by atoms with Gasteiger partial charge >= 0.3 is 0 Å². The van der Waals surface area contributed by atoms with Gasteiger partial charge in [0.25, 0.3) is 0 Å². The third-order valence-electron chi connectivity index (χ3n) is 2.25. The Morgan fingerprint density at radius 1 is 0.714 bits per heavy atom. The molecular formula is C12H12O2. The topological polar surface area (TPSA) is 18.5 Å². The molecule has 2 nitrogen and oxygen atoms in total. The third kappa shape index (κ3) is 1.51. The average Bonchev–Trinajstić information content (AvgIpc) is 2.86. The highest BCUT2D eigenvalue weighted by atomic mass is 16.5. The summed E-state index contributed by atoms with van der Waals surface area (Å²) in [5, 5.41) is 0. The molecule has 72 valence electrons. The molecule has 0 aromatic rings.